The second kappa shape index (κ2) is 35.1. The molecule has 13 heteroatoms. The lowest BCUT2D eigenvalue weighted by Crippen LogP contribution is -2.60. The molecule has 6 atom stereocenters. The molecule has 2 unspecified atom stereocenters. The van der Waals surface area contributed by atoms with Gasteiger partial charge in [-0.3, -0.25) is 14.1 Å². The largest absolute Gasteiger partial charge is 0.462 e. The topological polar surface area (TPSA) is 186 Å². The first-order valence-corrected chi connectivity index (χ1v) is 23.5. The summed E-state index contributed by atoms with van der Waals surface area (Å²) >= 11 is 0. The zero-order valence-electron chi connectivity index (χ0n) is 35.4. The van der Waals surface area contributed by atoms with Crippen LogP contribution in [0.2, 0.25) is 0 Å². The fourth-order valence-electron chi connectivity index (χ4n) is 6.19. The maximum atomic E-state index is 12.8. The minimum atomic E-state index is -4.61. The Morgan fingerprint density at radius 3 is 1.67 bits per heavy atom. The number of rotatable bonds is 35. The van der Waals surface area contributed by atoms with Crippen molar-refractivity contribution in [3.63, 3.8) is 0 Å². The van der Waals surface area contributed by atoms with E-state index in [2.05, 4.69) is 74.6 Å². The van der Waals surface area contributed by atoms with Crippen LogP contribution < -0.4 is 0 Å². The highest BCUT2D eigenvalue weighted by Gasteiger charge is 2.46. The van der Waals surface area contributed by atoms with E-state index in [0.717, 1.165) is 64.2 Å². The van der Waals surface area contributed by atoms with Gasteiger partial charge in [-0.05, 0) is 77.0 Å². The smallest absolute Gasteiger partial charge is 0.306 e. The van der Waals surface area contributed by atoms with Crippen LogP contribution in [0.5, 0.6) is 0 Å². The molecule has 0 spiro atoms. The molecule has 0 aromatic carbocycles. The van der Waals surface area contributed by atoms with Crippen molar-refractivity contribution >= 4 is 22.1 Å². The molecule has 12 nitrogen and oxygen atoms in total. The molecule has 0 radical (unpaired) electrons. The Labute approximate surface area is 349 Å². The summed E-state index contributed by atoms with van der Waals surface area (Å²) in [7, 11) is -4.61. The lowest BCUT2D eigenvalue weighted by molar-refractivity contribution is -0.297. The summed E-state index contributed by atoms with van der Waals surface area (Å²) in [6.07, 6.45) is 32.7. The van der Waals surface area contributed by atoms with Gasteiger partial charge in [0.1, 0.15) is 36.8 Å². The summed E-state index contributed by atoms with van der Waals surface area (Å²) in [6, 6.07) is 0. The lowest BCUT2D eigenvalue weighted by atomic mass is 10.00. The summed E-state index contributed by atoms with van der Waals surface area (Å²) < 4.78 is 53.9. The Balaban J connectivity index is 2.51. The number of ether oxygens (including phenoxy) is 4. The Morgan fingerprint density at radius 2 is 1.09 bits per heavy atom. The van der Waals surface area contributed by atoms with Crippen molar-refractivity contribution in [3.05, 3.63) is 60.8 Å². The van der Waals surface area contributed by atoms with Gasteiger partial charge < -0.3 is 34.3 Å². The molecule has 1 fully saturated rings. The van der Waals surface area contributed by atoms with E-state index in [1.54, 1.807) is 0 Å². The molecule has 1 rings (SSSR count). The van der Waals surface area contributed by atoms with Crippen LogP contribution in [0.4, 0.5) is 0 Å². The van der Waals surface area contributed by atoms with E-state index in [0.29, 0.717) is 12.8 Å². The molecule has 1 saturated heterocycles. The van der Waals surface area contributed by atoms with E-state index in [9.17, 15) is 37.9 Å². The maximum Gasteiger partial charge on any atom is 0.306 e. The van der Waals surface area contributed by atoms with Gasteiger partial charge in [0.2, 0.25) is 0 Å². The summed E-state index contributed by atoms with van der Waals surface area (Å²) in [4.78, 5) is 25.3. The maximum absolute atomic E-state index is 12.8. The number of esters is 2. The van der Waals surface area contributed by atoms with Crippen molar-refractivity contribution in [1.29, 1.82) is 0 Å². The zero-order valence-corrected chi connectivity index (χ0v) is 36.2. The Kier molecular flexibility index (Phi) is 32.3. The highest BCUT2D eigenvalue weighted by atomic mass is 32.2. The number of unbranched alkanes of at least 4 members (excludes halogenated alkanes) is 13. The Morgan fingerprint density at radius 1 is 0.603 bits per heavy atom. The van der Waals surface area contributed by atoms with E-state index < -0.39 is 71.2 Å². The third-order valence-corrected chi connectivity index (χ3v) is 10.3. The van der Waals surface area contributed by atoms with Gasteiger partial charge in [-0.1, -0.05) is 126 Å². The standard InChI is InChI=1S/C45H76O12S/c1-3-5-7-9-11-13-15-17-19-21-23-25-27-29-31-33-40(46)54-35-38(36-55-45-44(50)43(49)42(48)39(57-45)37-58(51,52)53)56-41(47)34-32-30-28-26-24-22-20-18-16-14-12-10-8-6-4-2/h5,7,11,13,17,19,22-25,38-39,42-45,48-50H,3-4,6,8-10,12,14-16,18,20-21,26-37H2,1-2H3,(H,51,52,53)/b7-5+,13-11+,19-17+,24-22+,25-23+/t38-,39-,42-,43?,44?,45+/m1/s1. The molecular weight excluding hydrogens is 765 g/mol. The molecule has 58 heavy (non-hydrogen) atoms. The van der Waals surface area contributed by atoms with E-state index in [-0.39, 0.29) is 19.4 Å². The predicted molar refractivity (Wildman–Crippen MR) is 229 cm³/mol. The van der Waals surface area contributed by atoms with Crippen LogP contribution in [0, 0.1) is 0 Å². The second-order valence-corrected chi connectivity index (χ2v) is 16.5. The fourth-order valence-corrected chi connectivity index (χ4v) is 6.88. The third-order valence-electron chi connectivity index (χ3n) is 9.58. The SMILES string of the molecule is CC/C=C/C/C=C/C/C=C/C/C=C/CCCCC(=O)OC[C@H](CO[C@H]1O[C@H](CS(=O)(=O)O)[C@@H](O)C(O)C1O)OC(=O)CCCCC/C=C/CCCCCCCCCC. The summed E-state index contributed by atoms with van der Waals surface area (Å²) in [5, 5.41) is 30.8. The van der Waals surface area contributed by atoms with Crippen molar-refractivity contribution in [2.45, 2.75) is 192 Å². The molecule has 1 aliphatic heterocycles. The highest BCUT2D eigenvalue weighted by Crippen LogP contribution is 2.24. The normalized spacial score (nSPS) is 21.0. The first-order valence-electron chi connectivity index (χ1n) is 21.8. The first-order chi connectivity index (χ1) is 28.0. The van der Waals surface area contributed by atoms with E-state index in [1.807, 2.05) is 0 Å². The number of aliphatic hydroxyl groups excluding tert-OH is 3. The zero-order chi connectivity index (χ0) is 42.7. The van der Waals surface area contributed by atoms with Crippen molar-refractivity contribution in [2.24, 2.45) is 0 Å². The van der Waals surface area contributed by atoms with Gasteiger partial charge in [-0.2, -0.15) is 8.42 Å². The number of carbonyl (C=O) groups is 2. The summed E-state index contributed by atoms with van der Waals surface area (Å²) in [5.74, 6) is -2.06. The number of aliphatic hydroxyl groups is 3. The van der Waals surface area contributed by atoms with Crippen molar-refractivity contribution in [2.75, 3.05) is 19.0 Å². The van der Waals surface area contributed by atoms with Gasteiger partial charge in [0.15, 0.2) is 12.4 Å². The van der Waals surface area contributed by atoms with Crippen LogP contribution in [-0.2, 0) is 38.7 Å². The number of hydrogen-bond donors (Lipinski definition) is 4. The molecule has 0 amide bonds. The van der Waals surface area contributed by atoms with Crippen LogP contribution in [0.3, 0.4) is 0 Å². The third kappa shape index (κ3) is 29.5. The molecule has 0 bridgehead atoms. The van der Waals surface area contributed by atoms with Gasteiger partial charge in [0.25, 0.3) is 10.1 Å². The molecule has 0 aliphatic carbocycles. The molecule has 0 saturated carbocycles. The Bertz CT molecular complexity index is 1310. The van der Waals surface area contributed by atoms with Gasteiger partial charge in [0, 0.05) is 12.8 Å². The predicted octanol–water partition coefficient (Wildman–Crippen LogP) is 8.56. The summed E-state index contributed by atoms with van der Waals surface area (Å²) in [6.45, 7) is 3.58. The van der Waals surface area contributed by atoms with E-state index in [1.165, 1.54) is 51.4 Å². The summed E-state index contributed by atoms with van der Waals surface area (Å²) in [5.41, 5.74) is 0. The lowest BCUT2D eigenvalue weighted by Gasteiger charge is -2.40. The molecule has 334 valence electrons. The molecule has 0 aromatic rings. The molecule has 1 heterocycles. The van der Waals surface area contributed by atoms with Crippen molar-refractivity contribution < 1.29 is 56.8 Å². The van der Waals surface area contributed by atoms with Crippen LogP contribution in [0.15, 0.2) is 60.8 Å². The highest BCUT2D eigenvalue weighted by molar-refractivity contribution is 7.85. The van der Waals surface area contributed by atoms with Crippen LogP contribution in [0.1, 0.15) is 155 Å². The van der Waals surface area contributed by atoms with Crippen LogP contribution in [0.25, 0.3) is 0 Å². The van der Waals surface area contributed by atoms with E-state index >= 15 is 0 Å². The first kappa shape index (κ1) is 53.4. The quantitative estimate of drug-likeness (QED) is 0.0207. The second-order valence-electron chi connectivity index (χ2n) is 15.0. The fraction of sp³-hybridized carbons (Fsp3) is 0.733. The van der Waals surface area contributed by atoms with Gasteiger partial charge in [-0.25, -0.2) is 0 Å². The van der Waals surface area contributed by atoms with Gasteiger partial charge in [-0.15, -0.1) is 0 Å². The average Bonchev–Trinajstić information content (AvgIpc) is 3.18. The number of allylic oxidation sites excluding steroid dienone is 10. The van der Waals surface area contributed by atoms with Gasteiger partial charge >= 0.3 is 11.9 Å². The number of carbonyl (C=O) groups excluding carboxylic acids is 2. The molecule has 0 aromatic heterocycles. The number of hydrogen-bond acceptors (Lipinski definition) is 11. The van der Waals surface area contributed by atoms with Crippen LogP contribution >= 0.6 is 0 Å². The van der Waals surface area contributed by atoms with Gasteiger partial charge in [0.05, 0.1) is 6.61 Å². The molecule has 4 N–H and O–H groups in total. The van der Waals surface area contributed by atoms with Crippen LogP contribution in [-0.4, -0.2) is 96.0 Å². The monoisotopic (exact) mass is 841 g/mol. The minimum Gasteiger partial charge on any atom is -0.462 e. The van der Waals surface area contributed by atoms with Crippen molar-refractivity contribution in [3.8, 4) is 0 Å². The van der Waals surface area contributed by atoms with E-state index in [4.69, 9.17) is 18.9 Å². The molecule has 1 aliphatic rings. The molecular formula is C45H76O12S. The average molecular weight is 841 g/mol. The van der Waals surface area contributed by atoms with Crippen molar-refractivity contribution in [1.82, 2.24) is 0 Å². The Hall–Kier alpha value is -2.65. The minimum absolute atomic E-state index is 0.133.